The number of fused-ring (bicyclic) bond motifs is 1. The summed E-state index contributed by atoms with van der Waals surface area (Å²) in [6, 6.07) is 4.43. The van der Waals surface area contributed by atoms with Gasteiger partial charge in [0.1, 0.15) is 0 Å². The van der Waals surface area contributed by atoms with E-state index in [4.69, 9.17) is 0 Å². The molecule has 0 radical (unpaired) electrons. The highest BCUT2D eigenvalue weighted by Crippen LogP contribution is 2.27. The Morgan fingerprint density at radius 1 is 1.31 bits per heavy atom. The molecule has 0 bridgehead atoms. The fraction of sp³-hybridized carbons (Fsp3) is 0.111. The van der Waals surface area contributed by atoms with Crippen molar-refractivity contribution in [2.75, 3.05) is 0 Å². The van der Waals surface area contributed by atoms with Crippen molar-refractivity contribution in [3.05, 3.63) is 38.9 Å². The van der Waals surface area contributed by atoms with E-state index in [1.54, 1.807) is 11.1 Å². The van der Waals surface area contributed by atoms with Gasteiger partial charge in [-0.2, -0.15) is 13.2 Å². The summed E-state index contributed by atoms with van der Waals surface area (Å²) >= 11 is 3.08. The standard InChI is InChI=1S/C9H4BrF3N2O/c10-4-2-1-3-5-6(4)7(16)15-8(14-5)9(11,12)13/h1-3H,(H,14,15,16). The first-order chi connectivity index (χ1) is 7.39. The molecule has 0 atom stereocenters. The van der Waals surface area contributed by atoms with E-state index in [1.165, 1.54) is 12.1 Å². The highest BCUT2D eigenvalue weighted by Gasteiger charge is 2.34. The van der Waals surface area contributed by atoms with E-state index in [2.05, 4.69) is 20.9 Å². The Morgan fingerprint density at radius 2 is 2.00 bits per heavy atom. The van der Waals surface area contributed by atoms with Crippen LogP contribution in [0.5, 0.6) is 0 Å². The van der Waals surface area contributed by atoms with E-state index in [1.807, 2.05) is 0 Å². The van der Waals surface area contributed by atoms with Crippen molar-refractivity contribution in [1.29, 1.82) is 0 Å². The van der Waals surface area contributed by atoms with Gasteiger partial charge in [-0.15, -0.1) is 0 Å². The lowest BCUT2D eigenvalue weighted by Gasteiger charge is -2.06. The summed E-state index contributed by atoms with van der Waals surface area (Å²) in [4.78, 5) is 16.5. The van der Waals surface area contributed by atoms with Gasteiger partial charge in [-0.25, -0.2) is 4.98 Å². The van der Waals surface area contributed by atoms with Gasteiger partial charge < -0.3 is 4.98 Å². The molecule has 1 aromatic heterocycles. The van der Waals surface area contributed by atoms with Crippen LogP contribution in [0.25, 0.3) is 10.9 Å². The van der Waals surface area contributed by atoms with Gasteiger partial charge in [0.25, 0.3) is 5.56 Å². The summed E-state index contributed by atoms with van der Waals surface area (Å²) < 4.78 is 37.5. The Balaban J connectivity index is 2.85. The highest BCUT2D eigenvalue weighted by atomic mass is 79.9. The number of aromatic nitrogens is 2. The average Bonchev–Trinajstić information content (AvgIpc) is 2.15. The Kier molecular flexibility index (Phi) is 2.49. The van der Waals surface area contributed by atoms with E-state index >= 15 is 0 Å². The smallest absolute Gasteiger partial charge is 0.302 e. The van der Waals surface area contributed by atoms with E-state index in [0.717, 1.165) is 0 Å². The molecule has 0 saturated heterocycles. The maximum atomic E-state index is 12.4. The second-order valence-corrected chi connectivity index (χ2v) is 3.90. The summed E-state index contributed by atoms with van der Waals surface area (Å²) in [5.74, 6) is -1.29. The van der Waals surface area contributed by atoms with Crippen LogP contribution in [0.15, 0.2) is 27.5 Å². The van der Waals surface area contributed by atoms with Crippen LogP contribution in [-0.4, -0.2) is 9.97 Å². The maximum absolute atomic E-state index is 12.4. The number of nitrogens with zero attached hydrogens (tertiary/aromatic N) is 1. The Morgan fingerprint density at radius 3 is 2.62 bits per heavy atom. The minimum Gasteiger partial charge on any atom is -0.302 e. The zero-order valence-electron chi connectivity index (χ0n) is 7.60. The van der Waals surface area contributed by atoms with Crippen LogP contribution >= 0.6 is 15.9 Å². The monoisotopic (exact) mass is 292 g/mol. The maximum Gasteiger partial charge on any atom is 0.449 e. The zero-order chi connectivity index (χ0) is 11.9. The number of halogens is 4. The first-order valence-electron chi connectivity index (χ1n) is 4.15. The van der Waals surface area contributed by atoms with Gasteiger partial charge in [0, 0.05) is 4.47 Å². The molecule has 84 valence electrons. The van der Waals surface area contributed by atoms with E-state index < -0.39 is 17.6 Å². The molecule has 7 heteroatoms. The van der Waals surface area contributed by atoms with Gasteiger partial charge >= 0.3 is 6.18 Å². The number of H-pyrrole nitrogens is 1. The average molecular weight is 293 g/mol. The second-order valence-electron chi connectivity index (χ2n) is 3.05. The molecule has 2 aromatic rings. The second kappa shape index (κ2) is 3.58. The third-order valence-electron chi connectivity index (χ3n) is 1.95. The molecule has 0 fully saturated rings. The summed E-state index contributed by atoms with van der Waals surface area (Å²) in [7, 11) is 0. The Bertz CT molecular complexity index is 606. The number of alkyl halides is 3. The van der Waals surface area contributed by atoms with Crippen LogP contribution in [0.2, 0.25) is 0 Å². The number of aromatic amines is 1. The quantitative estimate of drug-likeness (QED) is 0.811. The van der Waals surface area contributed by atoms with Crippen molar-refractivity contribution in [2.24, 2.45) is 0 Å². The molecule has 0 amide bonds. The van der Waals surface area contributed by atoms with Crippen molar-refractivity contribution in [2.45, 2.75) is 6.18 Å². The van der Waals surface area contributed by atoms with Gasteiger partial charge in [-0.05, 0) is 28.1 Å². The molecule has 0 aliphatic heterocycles. The Hall–Kier alpha value is -1.37. The SMILES string of the molecule is O=c1[nH]c(C(F)(F)F)nc2cccc(Br)c12. The predicted octanol–water partition coefficient (Wildman–Crippen LogP) is 2.70. The van der Waals surface area contributed by atoms with Crippen molar-refractivity contribution in [3.63, 3.8) is 0 Å². The van der Waals surface area contributed by atoms with Gasteiger partial charge in [-0.3, -0.25) is 4.79 Å². The molecule has 16 heavy (non-hydrogen) atoms. The Labute approximate surface area is 95.4 Å². The third-order valence-corrected chi connectivity index (χ3v) is 2.61. The number of benzene rings is 1. The molecule has 0 spiro atoms. The first-order valence-corrected chi connectivity index (χ1v) is 4.94. The minimum absolute atomic E-state index is 0.00505. The van der Waals surface area contributed by atoms with E-state index in [-0.39, 0.29) is 10.9 Å². The molecule has 0 aliphatic carbocycles. The van der Waals surface area contributed by atoms with Crippen LogP contribution < -0.4 is 5.56 Å². The first kappa shape index (κ1) is 11.1. The number of hydrogen-bond donors (Lipinski definition) is 1. The van der Waals surface area contributed by atoms with Crippen molar-refractivity contribution < 1.29 is 13.2 Å². The molecule has 2 rings (SSSR count). The van der Waals surface area contributed by atoms with E-state index in [0.29, 0.717) is 4.47 Å². The van der Waals surface area contributed by atoms with Crippen LogP contribution in [-0.2, 0) is 6.18 Å². The topological polar surface area (TPSA) is 45.8 Å². The lowest BCUT2D eigenvalue weighted by atomic mass is 10.2. The normalized spacial score (nSPS) is 12.0. The highest BCUT2D eigenvalue weighted by molar-refractivity contribution is 9.10. The molecule has 1 N–H and O–H groups in total. The number of rotatable bonds is 0. The number of nitrogens with one attached hydrogen (secondary N) is 1. The van der Waals surface area contributed by atoms with Crippen LogP contribution in [0, 0.1) is 0 Å². The largest absolute Gasteiger partial charge is 0.449 e. The van der Waals surface area contributed by atoms with Gasteiger partial charge in [0.05, 0.1) is 10.9 Å². The molecular formula is C9H4BrF3N2O. The van der Waals surface area contributed by atoms with Crippen LogP contribution in [0.3, 0.4) is 0 Å². The van der Waals surface area contributed by atoms with Gasteiger partial charge in [-0.1, -0.05) is 6.07 Å². The van der Waals surface area contributed by atoms with Gasteiger partial charge in [0.2, 0.25) is 5.82 Å². The molecule has 3 nitrogen and oxygen atoms in total. The van der Waals surface area contributed by atoms with Crippen LogP contribution in [0.4, 0.5) is 13.2 Å². The summed E-state index contributed by atoms with van der Waals surface area (Å²) in [6.45, 7) is 0. The lowest BCUT2D eigenvalue weighted by Crippen LogP contribution is -2.19. The summed E-state index contributed by atoms with van der Waals surface area (Å²) in [5, 5.41) is 0.107. The molecule has 1 heterocycles. The molecule has 0 aliphatic rings. The van der Waals surface area contributed by atoms with Crippen molar-refractivity contribution in [1.82, 2.24) is 9.97 Å². The van der Waals surface area contributed by atoms with E-state index in [9.17, 15) is 18.0 Å². The fourth-order valence-electron chi connectivity index (χ4n) is 1.28. The molecule has 1 aromatic carbocycles. The lowest BCUT2D eigenvalue weighted by molar-refractivity contribution is -0.144. The van der Waals surface area contributed by atoms with Crippen LogP contribution in [0.1, 0.15) is 5.82 Å². The number of hydrogen-bond acceptors (Lipinski definition) is 2. The minimum atomic E-state index is -4.66. The molecule has 0 saturated carbocycles. The van der Waals surface area contributed by atoms with Crippen molar-refractivity contribution >= 4 is 26.8 Å². The summed E-state index contributed by atoms with van der Waals surface area (Å²) in [6.07, 6.45) is -4.66. The predicted molar refractivity (Wildman–Crippen MR) is 55.1 cm³/mol. The third kappa shape index (κ3) is 1.82. The zero-order valence-corrected chi connectivity index (χ0v) is 9.19. The summed E-state index contributed by atoms with van der Waals surface area (Å²) in [5.41, 5.74) is -0.810. The van der Waals surface area contributed by atoms with Gasteiger partial charge in [0.15, 0.2) is 0 Å². The fourth-order valence-corrected chi connectivity index (χ4v) is 1.82. The molecular weight excluding hydrogens is 289 g/mol. The molecule has 0 unspecified atom stereocenters. The van der Waals surface area contributed by atoms with Crippen molar-refractivity contribution in [3.8, 4) is 0 Å².